The lowest BCUT2D eigenvalue weighted by molar-refractivity contribution is -0.133. The first-order chi connectivity index (χ1) is 17.9. The molecule has 6 nitrogen and oxygen atoms in total. The Labute approximate surface area is 230 Å². The average Bonchev–Trinajstić information content (AvgIpc) is 3.24. The maximum absolute atomic E-state index is 13.2. The van der Waals surface area contributed by atoms with Crippen LogP contribution in [0.25, 0.3) is 6.08 Å². The summed E-state index contributed by atoms with van der Waals surface area (Å²) in [6.07, 6.45) is 5.34. The largest absolute Gasteiger partial charge is 0.467 e. The molecule has 192 valence electrons. The van der Waals surface area contributed by atoms with Gasteiger partial charge >= 0.3 is 0 Å². The van der Waals surface area contributed by atoms with E-state index in [9.17, 15) is 9.59 Å². The van der Waals surface area contributed by atoms with Crippen LogP contribution in [0.2, 0.25) is 5.02 Å². The van der Waals surface area contributed by atoms with Crippen LogP contribution in [-0.2, 0) is 22.7 Å². The van der Waals surface area contributed by atoms with Gasteiger partial charge in [0, 0.05) is 23.9 Å². The molecule has 2 unspecified atom stereocenters. The third-order valence-corrected chi connectivity index (χ3v) is 8.23. The molecule has 37 heavy (non-hydrogen) atoms. The molecule has 0 bridgehead atoms. The number of rotatable bonds is 10. The van der Waals surface area contributed by atoms with E-state index in [1.54, 1.807) is 28.2 Å². The number of carbonyl (C=O) groups excluding carboxylic acids is 2. The zero-order valence-corrected chi connectivity index (χ0v) is 22.8. The molecule has 1 saturated carbocycles. The monoisotopic (exact) mass is 554 g/mol. The predicted octanol–water partition coefficient (Wildman–Crippen LogP) is 6.86. The summed E-state index contributed by atoms with van der Waals surface area (Å²) in [5.74, 6) is 3.44. The summed E-state index contributed by atoms with van der Waals surface area (Å²) in [4.78, 5) is 30.0. The molecular weight excluding hydrogens is 528 g/mol. The molecule has 5 rings (SSSR count). The van der Waals surface area contributed by atoms with Gasteiger partial charge in [-0.3, -0.25) is 14.5 Å². The van der Waals surface area contributed by atoms with Gasteiger partial charge in [-0.1, -0.05) is 54.6 Å². The minimum atomic E-state index is -0.137. The van der Waals surface area contributed by atoms with E-state index in [1.165, 1.54) is 11.8 Å². The number of hydrogen-bond donors (Lipinski definition) is 0. The highest BCUT2D eigenvalue weighted by molar-refractivity contribution is 8.26. The summed E-state index contributed by atoms with van der Waals surface area (Å²) in [6.45, 7) is 3.32. The minimum Gasteiger partial charge on any atom is -0.467 e. The molecule has 9 heteroatoms. The fourth-order valence-electron chi connectivity index (χ4n) is 4.36. The van der Waals surface area contributed by atoms with Gasteiger partial charge in [0.1, 0.15) is 21.6 Å². The van der Waals surface area contributed by atoms with Crippen LogP contribution in [0.5, 0.6) is 0 Å². The third-order valence-electron chi connectivity index (χ3n) is 6.60. The Morgan fingerprint density at radius 1 is 1.19 bits per heavy atom. The van der Waals surface area contributed by atoms with Crippen molar-refractivity contribution in [2.24, 2.45) is 5.92 Å². The number of thioether (sulfide) groups is 1. The standard InChI is InChI=1S/C28H27ClN2O4S2/c1-18-14-23(18)24-11-10-22(35-24)17-30(16-21-4-3-13-34-21)26(32)5-2-12-31-27(33)25(37-28(31)36)15-19-6-8-20(29)9-7-19/h3-4,6-11,13,15,18,23H,2,5,12,14,16-17H2,1H3/b25-15-. The van der Waals surface area contributed by atoms with E-state index in [0.29, 0.717) is 57.9 Å². The van der Waals surface area contributed by atoms with Gasteiger partial charge in [0.2, 0.25) is 5.91 Å². The SMILES string of the molecule is CC1CC1c1ccc(CN(Cc2ccco2)C(=O)CCCN2C(=O)/C(=C/c3ccc(Cl)cc3)SC2=S)o1. The van der Waals surface area contributed by atoms with Gasteiger partial charge in [0.15, 0.2) is 0 Å². The van der Waals surface area contributed by atoms with Crippen LogP contribution in [0, 0.1) is 5.92 Å². The summed E-state index contributed by atoms with van der Waals surface area (Å²) in [5.41, 5.74) is 0.880. The Morgan fingerprint density at radius 2 is 1.95 bits per heavy atom. The number of furan rings is 2. The van der Waals surface area contributed by atoms with Gasteiger partial charge in [0.05, 0.1) is 24.3 Å². The quantitative estimate of drug-likeness (QED) is 0.201. The molecule has 1 aromatic carbocycles. The molecule has 0 N–H and O–H groups in total. The van der Waals surface area contributed by atoms with Crippen molar-refractivity contribution in [3.05, 3.63) is 87.6 Å². The maximum Gasteiger partial charge on any atom is 0.266 e. The zero-order chi connectivity index (χ0) is 25.9. The number of carbonyl (C=O) groups is 2. The van der Waals surface area contributed by atoms with Crippen LogP contribution in [-0.4, -0.2) is 32.5 Å². The van der Waals surface area contributed by atoms with Gasteiger partial charge in [0.25, 0.3) is 5.91 Å². The molecule has 1 aliphatic carbocycles. The van der Waals surface area contributed by atoms with Crippen LogP contribution < -0.4 is 0 Å². The first-order valence-corrected chi connectivity index (χ1v) is 13.9. The van der Waals surface area contributed by atoms with Crippen molar-refractivity contribution < 1.29 is 18.4 Å². The van der Waals surface area contributed by atoms with E-state index in [0.717, 1.165) is 23.5 Å². The second-order valence-corrected chi connectivity index (χ2v) is 11.6. The van der Waals surface area contributed by atoms with Crippen molar-refractivity contribution in [1.29, 1.82) is 0 Å². The van der Waals surface area contributed by atoms with Crippen LogP contribution >= 0.6 is 35.6 Å². The van der Waals surface area contributed by atoms with E-state index in [1.807, 2.05) is 42.5 Å². The maximum atomic E-state index is 13.2. The lowest BCUT2D eigenvalue weighted by atomic mass is 10.2. The molecule has 2 amide bonds. The van der Waals surface area contributed by atoms with Gasteiger partial charge in [-0.2, -0.15) is 0 Å². The van der Waals surface area contributed by atoms with Crippen molar-refractivity contribution in [3.63, 3.8) is 0 Å². The number of halogens is 1. The van der Waals surface area contributed by atoms with Crippen LogP contribution in [0.4, 0.5) is 0 Å². The smallest absolute Gasteiger partial charge is 0.266 e. The first kappa shape index (κ1) is 25.8. The molecule has 2 aromatic heterocycles. The van der Waals surface area contributed by atoms with Crippen molar-refractivity contribution in [1.82, 2.24) is 9.80 Å². The Bertz CT molecular complexity index is 1320. The van der Waals surface area contributed by atoms with Crippen LogP contribution in [0.3, 0.4) is 0 Å². The molecule has 0 spiro atoms. The topological polar surface area (TPSA) is 66.9 Å². The highest BCUT2D eigenvalue weighted by atomic mass is 35.5. The molecule has 3 aromatic rings. The predicted molar refractivity (Wildman–Crippen MR) is 149 cm³/mol. The zero-order valence-electron chi connectivity index (χ0n) is 20.4. The third kappa shape index (κ3) is 6.37. The molecular formula is C28H27ClN2O4S2. The van der Waals surface area contributed by atoms with Crippen LogP contribution in [0.15, 0.2) is 68.5 Å². The number of amides is 2. The van der Waals surface area contributed by atoms with E-state index >= 15 is 0 Å². The Kier molecular flexibility index (Phi) is 7.88. The fourth-order valence-corrected chi connectivity index (χ4v) is 5.79. The summed E-state index contributed by atoms with van der Waals surface area (Å²) < 4.78 is 12.0. The number of nitrogens with zero attached hydrogens (tertiary/aromatic N) is 2. The number of thiocarbonyl (C=S) groups is 1. The van der Waals surface area contributed by atoms with E-state index in [2.05, 4.69) is 6.92 Å². The summed E-state index contributed by atoms with van der Waals surface area (Å²) >= 11 is 12.7. The summed E-state index contributed by atoms with van der Waals surface area (Å²) in [6, 6.07) is 14.9. The van der Waals surface area contributed by atoms with E-state index in [-0.39, 0.29) is 18.2 Å². The molecule has 0 radical (unpaired) electrons. The highest BCUT2D eigenvalue weighted by Gasteiger charge is 2.37. The Morgan fingerprint density at radius 3 is 2.65 bits per heavy atom. The van der Waals surface area contributed by atoms with Crippen molar-refractivity contribution in [3.8, 4) is 0 Å². The molecule has 2 atom stereocenters. The number of hydrogen-bond acceptors (Lipinski definition) is 6. The first-order valence-electron chi connectivity index (χ1n) is 12.3. The second kappa shape index (κ2) is 11.3. The van der Waals surface area contributed by atoms with Gasteiger partial charge < -0.3 is 13.7 Å². The normalized spacial score (nSPS) is 20.2. The highest BCUT2D eigenvalue weighted by Crippen LogP contribution is 2.47. The average molecular weight is 555 g/mol. The lowest BCUT2D eigenvalue weighted by Crippen LogP contribution is -2.32. The molecule has 1 aliphatic heterocycles. The van der Waals surface area contributed by atoms with Gasteiger partial charge in [-0.05, 0) is 66.8 Å². The number of benzene rings is 1. The van der Waals surface area contributed by atoms with Crippen LogP contribution in [0.1, 0.15) is 54.9 Å². The van der Waals surface area contributed by atoms with Crippen molar-refractivity contribution in [2.45, 2.75) is 45.2 Å². The lowest BCUT2D eigenvalue weighted by Gasteiger charge is -2.21. The molecule has 3 heterocycles. The van der Waals surface area contributed by atoms with E-state index < -0.39 is 0 Å². The molecule has 2 fully saturated rings. The molecule has 1 saturated heterocycles. The second-order valence-electron chi connectivity index (χ2n) is 9.44. The summed E-state index contributed by atoms with van der Waals surface area (Å²) in [7, 11) is 0. The molecule has 2 aliphatic rings. The van der Waals surface area contributed by atoms with Crippen molar-refractivity contribution >= 4 is 57.8 Å². The minimum absolute atomic E-state index is 0.0312. The van der Waals surface area contributed by atoms with Gasteiger partial charge in [-0.25, -0.2) is 0 Å². The Balaban J connectivity index is 1.19. The van der Waals surface area contributed by atoms with Crippen molar-refractivity contribution in [2.75, 3.05) is 6.54 Å². The van der Waals surface area contributed by atoms with E-state index in [4.69, 9.17) is 32.7 Å². The Hall–Kier alpha value is -2.81. The van der Waals surface area contributed by atoms with Gasteiger partial charge in [-0.15, -0.1) is 0 Å². The fraction of sp³-hybridized carbons (Fsp3) is 0.321. The summed E-state index contributed by atoms with van der Waals surface area (Å²) in [5, 5.41) is 0.639.